The second-order valence-corrected chi connectivity index (χ2v) is 10.7. The van der Waals surface area contributed by atoms with Crippen molar-refractivity contribution >= 4 is 16.6 Å². The fourth-order valence-electron chi connectivity index (χ4n) is 4.98. The van der Waals surface area contributed by atoms with Crippen LogP contribution in [0, 0.1) is 12.3 Å². The zero-order chi connectivity index (χ0) is 32.1. The first-order valence-corrected chi connectivity index (χ1v) is 15.2. The number of rotatable bonds is 5. The van der Waals surface area contributed by atoms with Gasteiger partial charge >= 0.3 is 0 Å². The lowest BCUT2D eigenvalue weighted by Crippen LogP contribution is -2.10. The van der Waals surface area contributed by atoms with Crippen LogP contribution in [-0.2, 0) is 6.54 Å². The zero-order valence-corrected chi connectivity index (χ0v) is 25.8. The second kappa shape index (κ2) is 15.7. The van der Waals surface area contributed by atoms with Gasteiger partial charge in [-0.2, -0.15) is 0 Å². The third-order valence-electron chi connectivity index (χ3n) is 7.36. The molecule has 5 heteroatoms. The maximum Gasteiger partial charge on any atom is 0.160 e. The van der Waals surface area contributed by atoms with E-state index in [1.807, 2.05) is 91.0 Å². The van der Waals surface area contributed by atoms with Gasteiger partial charge in [0.2, 0.25) is 0 Å². The Bertz CT molecular complexity index is 2000. The van der Waals surface area contributed by atoms with Crippen molar-refractivity contribution < 1.29 is 0 Å². The number of hydrogen-bond donors (Lipinski definition) is 3. The summed E-state index contributed by atoms with van der Waals surface area (Å²) in [5.41, 5.74) is 19.3. The van der Waals surface area contributed by atoms with Gasteiger partial charge < -0.3 is 11.5 Å². The highest BCUT2D eigenvalue weighted by molar-refractivity contribution is 5.96. The Balaban J connectivity index is 0.000000212. The first-order chi connectivity index (χ1) is 22.5. The average molecular weight is 600 g/mol. The molecule has 7 aromatic rings. The summed E-state index contributed by atoms with van der Waals surface area (Å²) in [6.07, 6.45) is 0. The summed E-state index contributed by atoms with van der Waals surface area (Å²) in [4.78, 5) is 9.91. The number of nitrogen functional groups attached to an aromatic ring is 1. The average Bonchev–Trinajstić information content (AvgIpc) is 3.13. The number of nitrogens with one attached hydrogen (secondary N) is 1. The van der Waals surface area contributed by atoms with Gasteiger partial charge in [-0.25, -0.2) is 9.97 Å². The fourth-order valence-corrected chi connectivity index (χ4v) is 4.98. The van der Waals surface area contributed by atoms with Gasteiger partial charge in [0.25, 0.3) is 0 Å². The molecule has 0 spiro atoms. The van der Waals surface area contributed by atoms with Gasteiger partial charge in [0.1, 0.15) is 5.84 Å². The van der Waals surface area contributed by atoms with E-state index in [2.05, 4.69) is 79.7 Å². The molecule has 0 saturated carbocycles. The number of amidine groups is 1. The summed E-state index contributed by atoms with van der Waals surface area (Å²) >= 11 is 0. The van der Waals surface area contributed by atoms with Gasteiger partial charge in [0.15, 0.2) is 5.82 Å². The monoisotopic (exact) mass is 599 g/mol. The van der Waals surface area contributed by atoms with Crippen molar-refractivity contribution in [1.82, 2.24) is 9.97 Å². The molecule has 1 aromatic heterocycles. The second-order valence-electron chi connectivity index (χ2n) is 10.7. The Morgan fingerprint density at radius 2 is 1.13 bits per heavy atom. The molecular weight excluding hydrogens is 562 g/mol. The number of nitrogens with zero attached hydrogens (tertiary/aromatic N) is 2. The maximum atomic E-state index is 7.01. The van der Waals surface area contributed by atoms with Crippen LogP contribution in [0.4, 0.5) is 0 Å². The molecule has 0 unspecified atom stereocenters. The van der Waals surface area contributed by atoms with Crippen LogP contribution >= 0.6 is 0 Å². The Kier molecular flexibility index (Phi) is 10.8. The minimum atomic E-state index is 0.121. The van der Waals surface area contributed by atoms with Crippen LogP contribution in [0.15, 0.2) is 164 Å². The number of fused-ring (bicyclic) bond motifs is 1. The predicted molar refractivity (Wildman–Crippen MR) is 192 cm³/mol. The van der Waals surface area contributed by atoms with Gasteiger partial charge in [0.05, 0.1) is 11.4 Å². The molecule has 1 heterocycles. The molecule has 0 aliphatic rings. The fraction of sp³-hybridized carbons (Fsp3) is 0.0488. The van der Waals surface area contributed by atoms with Gasteiger partial charge in [-0.1, -0.05) is 163 Å². The van der Waals surface area contributed by atoms with Gasteiger partial charge in [0, 0.05) is 28.8 Å². The molecular formula is C41H37N5. The Labute approximate surface area is 270 Å². The molecule has 6 aromatic carbocycles. The summed E-state index contributed by atoms with van der Waals surface area (Å²) in [6, 6.07) is 54.6. The zero-order valence-electron chi connectivity index (χ0n) is 25.8. The van der Waals surface area contributed by atoms with E-state index >= 15 is 0 Å². The van der Waals surface area contributed by atoms with Crippen LogP contribution in [-0.4, -0.2) is 15.8 Å². The van der Waals surface area contributed by atoms with Crippen LogP contribution in [0.2, 0.25) is 0 Å². The van der Waals surface area contributed by atoms with Gasteiger partial charge in [-0.15, -0.1) is 0 Å². The molecule has 7 rings (SSSR count). The topological polar surface area (TPSA) is 102 Å². The molecule has 0 fully saturated rings. The normalized spacial score (nSPS) is 10.2. The highest BCUT2D eigenvalue weighted by Gasteiger charge is 2.14. The van der Waals surface area contributed by atoms with E-state index in [1.54, 1.807) is 0 Å². The molecule has 0 aliphatic carbocycles. The van der Waals surface area contributed by atoms with E-state index in [-0.39, 0.29) is 5.84 Å². The number of nitrogens with two attached hydrogens (primary N) is 2. The van der Waals surface area contributed by atoms with Crippen LogP contribution < -0.4 is 11.5 Å². The van der Waals surface area contributed by atoms with Gasteiger partial charge in [-0.3, -0.25) is 5.41 Å². The minimum absolute atomic E-state index is 0.121. The summed E-state index contributed by atoms with van der Waals surface area (Å²) in [6.45, 7) is 2.53. The van der Waals surface area contributed by atoms with Crippen molar-refractivity contribution in [2.24, 2.45) is 11.5 Å². The quantitative estimate of drug-likeness (QED) is 0.136. The van der Waals surface area contributed by atoms with E-state index < -0.39 is 0 Å². The Hall–Kier alpha value is -5.91. The highest BCUT2D eigenvalue weighted by Crippen LogP contribution is 2.32. The number of aryl methyl sites for hydroxylation is 1. The molecule has 0 atom stereocenters. The lowest BCUT2D eigenvalue weighted by molar-refractivity contribution is 1.06. The van der Waals surface area contributed by atoms with Crippen molar-refractivity contribution in [2.45, 2.75) is 13.5 Å². The molecule has 5 nitrogen and oxygen atoms in total. The van der Waals surface area contributed by atoms with Crippen LogP contribution in [0.3, 0.4) is 0 Å². The van der Waals surface area contributed by atoms with Crippen molar-refractivity contribution in [1.29, 1.82) is 5.41 Å². The summed E-state index contributed by atoms with van der Waals surface area (Å²) in [7, 11) is 0. The molecule has 0 radical (unpaired) electrons. The summed E-state index contributed by atoms with van der Waals surface area (Å²) in [5.74, 6) is 0.816. The van der Waals surface area contributed by atoms with E-state index in [1.165, 1.54) is 16.3 Å². The van der Waals surface area contributed by atoms with E-state index in [0.29, 0.717) is 12.4 Å². The minimum Gasteiger partial charge on any atom is -0.384 e. The van der Waals surface area contributed by atoms with Crippen LogP contribution in [0.25, 0.3) is 44.7 Å². The third-order valence-corrected chi connectivity index (χ3v) is 7.36. The highest BCUT2D eigenvalue weighted by atomic mass is 14.9. The molecule has 0 saturated heterocycles. The predicted octanol–water partition coefficient (Wildman–Crippen LogP) is 9.06. The van der Waals surface area contributed by atoms with Gasteiger partial charge in [-0.05, 0) is 29.3 Å². The van der Waals surface area contributed by atoms with E-state index in [9.17, 15) is 0 Å². The lowest BCUT2D eigenvalue weighted by atomic mass is 10.00. The first-order valence-electron chi connectivity index (χ1n) is 15.2. The molecule has 0 amide bonds. The van der Waals surface area contributed by atoms with Crippen molar-refractivity contribution in [3.63, 3.8) is 0 Å². The summed E-state index contributed by atoms with van der Waals surface area (Å²) < 4.78 is 0. The number of benzene rings is 6. The molecule has 0 bridgehead atoms. The first kappa shape index (κ1) is 31.5. The van der Waals surface area contributed by atoms with Crippen molar-refractivity contribution in [3.05, 3.63) is 180 Å². The molecule has 5 N–H and O–H groups in total. The standard InChI is InChI=1S/C27H21N3.C7H8N2.C7H8/c28-18-21-12-5-7-15-23(21)27-29-25(20-10-2-1-3-11-20)17-26(30-27)24-16-8-13-19-9-4-6-14-22(19)24;8-7(9)6-4-2-1-3-5-6;1-7-5-3-2-4-6-7/h1-17H,18,28H2;1-5H,(H3,8,9);2-6H,1H3. The molecule has 226 valence electrons. The smallest absolute Gasteiger partial charge is 0.160 e. The van der Waals surface area contributed by atoms with E-state index in [0.717, 1.165) is 39.2 Å². The number of aromatic nitrogens is 2. The molecule has 0 aliphatic heterocycles. The largest absolute Gasteiger partial charge is 0.384 e. The summed E-state index contributed by atoms with van der Waals surface area (Å²) in [5, 5.41) is 9.38. The SMILES string of the molecule is Cc1ccccc1.N=C(N)c1ccccc1.NCc1ccccc1-c1nc(-c2ccccc2)cc(-c2cccc3ccccc23)n1. The maximum absolute atomic E-state index is 7.01. The van der Waals surface area contributed by atoms with Crippen molar-refractivity contribution in [3.8, 4) is 33.9 Å². The third kappa shape index (κ3) is 8.17. The Morgan fingerprint density at radius 1 is 0.587 bits per heavy atom. The lowest BCUT2D eigenvalue weighted by Gasteiger charge is -2.13. The Morgan fingerprint density at radius 3 is 1.76 bits per heavy atom. The number of hydrogen-bond acceptors (Lipinski definition) is 4. The van der Waals surface area contributed by atoms with Crippen LogP contribution in [0.5, 0.6) is 0 Å². The van der Waals surface area contributed by atoms with Crippen molar-refractivity contribution in [2.75, 3.05) is 0 Å². The van der Waals surface area contributed by atoms with E-state index in [4.69, 9.17) is 26.8 Å². The van der Waals surface area contributed by atoms with Crippen LogP contribution in [0.1, 0.15) is 16.7 Å². The molecule has 46 heavy (non-hydrogen) atoms.